The van der Waals surface area contributed by atoms with Crippen LogP contribution in [0.2, 0.25) is 0 Å². The summed E-state index contributed by atoms with van der Waals surface area (Å²) in [6.07, 6.45) is -4.69. The Hall–Kier alpha value is -2.51. The van der Waals surface area contributed by atoms with Crippen molar-refractivity contribution < 1.29 is 31.9 Å². The first-order valence-electron chi connectivity index (χ1n) is 6.67. The number of halogens is 3. The van der Waals surface area contributed by atoms with Crippen LogP contribution < -0.4 is 10.4 Å². The van der Waals surface area contributed by atoms with Crippen LogP contribution in [0.5, 0.6) is 5.75 Å². The summed E-state index contributed by atoms with van der Waals surface area (Å²) in [5.74, 6) is -0.481. The smallest absolute Gasteiger partial charge is 0.417 e. The maximum Gasteiger partial charge on any atom is 0.417 e. The number of hydrogen-bond donors (Lipinski definition) is 0. The highest BCUT2D eigenvalue weighted by Crippen LogP contribution is 2.36. The molecule has 0 bridgehead atoms. The summed E-state index contributed by atoms with van der Waals surface area (Å²) < 4.78 is 53.8. The van der Waals surface area contributed by atoms with Gasteiger partial charge in [-0.25, -0.2) is 9.59 Å². The number of hydrogen-bond acceptors (Lipinski definition) is 5. The van der Waals surface area contributed by atoms with E-state index in [0.717, 1.165) is 6.07 Å². The molecule has 124 valence electrons. The van der Waals surface area contributed by atoms with Crippen molar-refractivity contribution in [3.8, 4) is 5.75 Å². The first-order valence-corrected chi connectivity index (χ1v) is 6.67. The number of aryl methyl sites for hydroxylation is 1. The molecule has 1 aromatic carbocycles. The van der Waals surface area contributed by atoms with E-state index >= 15 is 0 Å². The molecule has 0 aliphatic rings. The molecule has 5 nitrogen and oxygen atoms in total. The van der Waals surface area contributed by atoms with Crippen LogP contribution in [0.25, 0.3) is 11.0 Å². The predicted octanol–water partition coefficient (Wildman–Crippen LogP) is 3.06. The van der Waals surface area contributed by atoms with Crippen LogP contribution in [0.4, 0.5) is 13.2 Å². The van der Waals surface area contributed by atoms with Crippen molar-refractivity contribution in [3.05, 3.63) is 39.7 Å². The maximum absolute atomic E-state index is 13.0. The molecular formula is C15H13F3O5. The van der Waals surface area contributed by atoms with Crippen LogP contribution in [0, 0.1) is 6.92 Å². The summed E-state index contributed by atoms with van der Waals surface area (Å²) in [5.41, 5.74) is -2.24. The zero-order valence-electron chi connectivity index (χ0n) is 12.3. The van der Waals surface area contributed by atoms with Gasteiger partial charge >= 0.3 is 17.8 Å². The van der Waals surface area contributed by atoms with Gasteiger partial charge < -0.3 is 13.9 Å². The SMILES string of the molecule is CCOC(=O)COc1ccc2c(C(F)(F)F)cc(=O)oc2c1C. The number of carbonyl (C=O) groups is 1. The van der Waals surface area contributed by atoms with Crippen molar-refractivity contribution in [1.82, 2.24) is 0 Å². The van der Waals surface area contributed by atoms with Gasteiger partial charge in [-0.3, -0.25) is 0 Å². The van der Waals surface area contributed by atoms with Gasteiger partial charge in [0.2, 0.25) is 0 Å². The van der Waals surface area contributed by atoms with Crippen LogP contribution in [-0.2, 0) is 15.7 Å². The second-order valence-electron chi connectivity index (χ2n) is 4.64. The van der Waals surface area contributed by atoms with Crippen LogP contribution in [0.15, 0.2) is 27.4 Å². The number of esters is 1. The Balaban J connectivity index is 2.47. The lowest BCUT2D eigenvalue weighted by molar-refractivity contribution is -0.145. The maximum atomic E-state index is 13.0. The summed E-state index contributed by atoms with van der Waals surface area (Å²) in [7, 11) is 0. The third kappa shape index (κ3) is 3.64. The Morgan fingerprint density at radius 1 is 1.30 bits per heavy atom. The molecular weight excluding hydrogens is 317 g/mol. The average molecular weight is 330 g/mol. The summed E-state index contributed by atoms with van der Waals surface area (Å²) >= 11 is 0. The van der Waals surface area contributed by atoms with Crippen molar-refractivity contribution in [1.29, 1.82) is 0 Å². The fourth-order valence-corrected chi connectivity index (χ4v) is 2.07. The molecule has 0 unspecified atom stereocenters. The van der Waals surface area contributed by atoms with E-state index in [2.05, 4.69) is 4.74 Å². The monoisotopic (exact) mass is 330 g/mol. The minimum atomic E-state index is -4.69. The van der Waals surface area contributed by atoms with Gasteiger partial charge in [-0.1, -0.05) is 0 Å². The highest BCUT2D eigenvalue weighted by Gasteiger charge is 2.34. The predicted molar refractivity (Wildman–Crippen MR) is 74.4 cm³/mol. The average Bonchev–Trinajstić information content (AvgIpc) is 2.46. The van der Waals surface area contributed by atoms with Gasteiger partial charge in [0.1, 0.15) is 11.3 Å². The van der Waals surface area contributed by atoms with Crippen molar-refractivity contribution >= 4 is 16.9 Å². The van der Waals surface area contributed by atoms with E-state index in [0.29, 0.717) is 6.07 Å². The molecule has 2 aromatic rings. The van der Waals surface area contributed by atoms with Gasteiger partial charge in [-0.15, -0.1) is 0 Å². The highest BCUT2D eigenvalue weighted by molar-refractivity contribution is 5.85. The Labute approximate surface area is 128 Å². The molecule has 0 aliphatic carbocycles. The van der Waals surface area contributed by atoms with E-state index in [9.17, 15) is 22.8 Å². The summed E-state index contributed by atoms with van der Waals surface area (Å²) in [6.45, 7) is 2.85. The Kier molecular flexibility index (Phi) is 4.63. The molecule has 0 fully saturated rings. The topological polar surface area (TPSA) is 65.7 Å². The Morgan fingerprint density at radius 2 is 2.00 bits per heavy atom. The van der Waals surface area contributed by atoms with Crippen molar-refractivity contribution in [2.24, 2.45) is 0 Å². The molecule has 0 amide bonds. The number of alkyl halides is 3. The van der Waals surface area contributed by atoms with E-state index in [4.69, 9.17) is 9.15 Å². The zero-order chi connectivity index (χ0) is 17.2. The van der Waals surface area contributed by atoms with Gasteiger partial charge in [0, 0.05) is 17.0 Å². The molecule has 0 N–H and O–H groups in total. The van der Waals surface area contributed by atoms with Crippen LogP contribution in [0.3, 0.4) is 0 Å². The lowest BCUT2D eigenvalue weighted by atomic mass is 10.1. The second-order valence-corrected chi connectivity index (χ2v) is 4.64. The lowest BCUT2D eigenvalue weighted by Crippen LogP contribution is -2.15. The summed E-state index contributed by atoms with van der Waals surface area (Å²) in [6, 6.07) is 2.82. The van der Waals surface area contributed by atoms with Crippen LogP contribution in [0.1, 0.15) is 18.1 Å². The molecule has 0 atom stereocenters. The molecule has 0 radical (unpaired) electrons. The number of carbonyl (C=O) groups excluding carboxylic acids is 1. The largest absolute Gasteiger partial charge is 0.481 e. The fraction of sp³-hybridized carbons (Fsp3) is 0.333. The van der Waals surface area contributed by atoms with Crippen molar-refractivity contribution in [2.75, 3.05) is 13.2 Å². The molecule has 0 spiro atoms. The molecule has 2 rings (SSSR count). The van der Waals surface area contributed by atoms with E-state index in [1.165, 1.54) is 13.0 Å². The van der Waals surface area contributed by atoms with E-state index in [-0.39, 0.29) is 28.9 Å². The second kappa shape index (κ2) is 6.31. The van der Waals surface area contributed by atoms with Crippen molar-refractivity contribution in [2.45, 2.75) is 20.0 Å². The van der Waals surface area contributed by atoms with E-state index in [1.807, 2.05) is 0 Å². The molecule has 8 heteroatoms. The Morgan fingerprint density at radius 3 is 2.61 bits per heavy atom. The van der Waals surface area contributed by atoms with Gasteiger partial charge in [-0.2, -0.15) is 13.2 Å². The molecule has 23 heavy (non-hydrogen) atoms. The van der Waals surface area contributed by atoms with Gasteiger partial charge in [-0.05, 0) is 26.0 Å². The number of ether oxygens (including phenoxy) is 2. The fourth-order valence-electron chi connectivity index (χ4n) is 2.07. The standard InChI is InChI=1S/C15H13F3O5/c1-3-21-13(20)7-22-11-5-4-9-10(15(16,17)18)6-12(19)23-14(9)8(11)2/h4-6H,3,7H2,1-2H3. The number of fused-ring (bicyclic) bond motifs is 1. The minimum Gasteiger partial charge on any atom is -0.481 e. The quantitative estimate of drug-likeness (QED) is 0.637. The van der Waals surface area contributed by atoms with Crippen molar-refractivity contribution in [3.63, 3.8) is 0 Å². The van der Waals surface area contributed by atoms with E-state index < -0.39 is 29.9 Å². The molecule has 0 saturated heterocycles. The normalized spacial score (nSPS) is 11.5. The van der Waals surface area contributed by atoms with Gasteiger partial charge in [0.15, 0.2) is 6.61 Å². The third-order valence-corrected chi connectivity index (χ3v) is 3.07. The molecule has 0 saturated carbocycles. The molecule has 0 aliphatic heterocycles. The lowest BCUT2D eigenvalue weighted by Gasteiger charge is -2.13. The highest BCUT2D eigenvalue weighted by atomic mass is 19.4. The van der Waals surface area contributed by atoms with Gasteiger partial charge in [0.25, 0.3) is 0 Å². The zero-order valence-corrected chi connectivity index (χ0v) is 12.3. The van der Waals surface area contributed by atoms with Crippen LogP contribution >= 0.6 is 0 Å². The Bertz CT molecular complexity index is 792. The third-order valence-electron chi connectivity index (χ3n) is 3.07. The first-order chi connectivity index (χ1) is 10.7. The summed E-state index contributed by atoms with van der Waals surface area (Å²) in [4.78, 5) is 22.6. The van der Waals surface area contributed by atoms with E-state index in [1.54, 1.807) is 6.92 Å². The molecule has 1 aromatic heterocycles. The van der Waals surface area contributed by atoms with Crippen LogP contribution in [-0.4, -0.2) is 19.2 Å². The minimum absolute atomic E-state index is 0.132. The molecule has 1 heterocycles. The summed E-state index contributed by atoms with van der Waals surface area (Å²) in [5, 5.41) is -0.252. The first kappa shape index (κ1) is 16.9. The van der Waals surface area contributed by atoms with Gasteiger partial charge in [0.05, 0.1) is 12.2 Å². The number of rotatable bonds is 4. The number of benzene rings is 1.